The zero-order chi connectivity index (χ0) is 37.1. The van der Waals surface area contributed by atoms with E-state index in [9.17, 15) is 24.0 Å². The number of nitrogens with one attached hydrogen (secondary N) is 2. The summed E-state index contributed by atoms with van der Waals surface area (Å²) in [6.45, 7) is 4.23. The third-order valence-corrected chi connectivity index (χ3v) is 11.6. The van der Waals surface area contributed by atoms with Crippen LogP contribution in [0.15, 0.2) is 72.8 Å². The van der Waals surface area contributed by atoms with E-state index in [0.29, 0.717) is 40.3 Å². The molecule has 5 aliphatic heterocycles. The number of para-hydroxylation sites is 1. The number of imide groups is 2. The Morgan fingerprint density at radius 3 is 2.28 bits per heavy atom. The molecule has 0 aliphatic carbocycles. The van der Waals surface area contributed by atoms with Crippen molar-refractivity contribution in [2.75, 3.05) is 42.9 Å². The maximum absolute atomic E-state index is 13.3. The number of piperidine rings is 2. The van der Waals surface area contributed by atoms with Crippen LogP contribution in [-0.2, 0) is 9.59 Å². The van der Waals surface area contributed by atoms with Crippen LogP contribution in [0, 0.1) is 5.92 Å². The van der Waals surface area contributed by atoms with Gasteiger partial charge in [0.1, 0.15) is 34.6 Å². The predicted octanol–water partition coefficient (Wildman–Crippen LogP) is 3.80. The number of amides is 5. The van der Waals surface area contributed by atoms with Gasteiger partial charge in [0, 0.05) is 43.3 Å². The lowest BCUT2D eigenvalue weighted by molar-refractivity contribution is -0.136. The molecule has 54 heavy (non-hydrogen) atoms. The van der Waals surface area contributed by atoms with E-state index in [0.717, 1.165) is 73.9 Å². The van der Waals surface area contributed by atoms with Gasteiger partial charge < -0.3 is 20.7 Å². The van der Waals surface area contributed by atoms with Gasteiger partial charge in [-0.3, -0.25) is 39.1 Å². The van der Waals surface area contributed by atoms with E-state index in [2.05, 4.69) is 20.4 Å². The van der Waals surface area contributed by atoms with E-state index in [1.807, 2.05) is 65.3 Å². The number of ether oxygens (including phenoxy) is 1. The van der Waals surface area contributed by atoms with Crippen LogP contribution in [0.25, 0.3) is 11.3 Å². The normalized spacial score (nSPS) is 22.0. The monoisotopic (exact) mass is 728 g/mol. The number of nitrogens with two attached hydrogens (primary N) is 1. The lowest BCUT2D eigenvalue weighted by atomic mass is 9.86. The Hall–Kier alpha value is -6.02. The van der Waals surface area contributed by atoms with Crippen molar-refractivity contribution in [1.29, 1.82) is 0 Å². The van der Waals surface area contributed by atoms with Gasteiger partial charge in [-0.1, -0.05) is 18.2 Å². The summed E-state index contributed by atoms with van der Waals surface area (Å²) in [5.74, 6) is -0.0181. The summed E-state index contributed by atoms with van der Waals surface area (Å²) in [5, 5.41) is 10.7. The maximum Gasteiger partial charge on any atom is 0.262 e. The number of anilines is 2. The number of carbonyl (C=O) groups is 5. The summed E-state index contributed by atoms with van der Waals surface area (Å²) >= 11 is 0. The van der Waals surface area contributed by atoms with Crippen molar-refractivity contribution in [1.82, 2.24) is 24.9 Å². The molecular formula is C40H40N8O6. The number of benzene rings is 3. The van der Waals surface area contributed by atoms with Crippen LogP contribution in [0.3, 0.4) is 0 Å². The second kappa shape index (κ2) is 13.4. The molecule has 4 aromatic rings. The minimum Gasteiger partial charge on any atom is -0.457 e. The van der Waals surface area contributed by atoms with Crippen LogP contribution in [-0.4, -0.2) is 93.9 Å². The van der Waals surface area contributed by atoms with Crippen LogP contribution >= 0.6 is 0 Å². The molecule has 0 saturated carbocycles. The van der Waals surface area contributed by atoms with Crippen molar-refractivity contribution >= 4 is 41.0 Å². The Labute approximate surface area is 311 Å². The van der Waals surface area contributed by atoms with E-state index in [-0.39, 0.29) is 24.4 Å². The molecule has 6 heterocycles. The van der Waals surface area contributed by atoms with Gasteiger partial charge in [-0.15, -0.1) is 0 Å². The first-order valence-corrected chi connectivity index (χ1v) is 18.6. The Bertz CT molecular complexity index is 2170. The number of hydrogen-bond donors (Lipinski definition) is 3. The SMILES string of the molecule is NC(=O)c1c(-c2ccc(Oc3ccccc3)cc2)nn2c1NCC[C@H]2C1CCN(C2CN(c3ccc4c(c3)C(=O)N(C3CCC(=O)NC3=O)C4=O)C2)CC1. The molecule has 3 aromatic carbocycles. The predicted molar refractivity (Wildman–Crippen MR) is 198 cm³/mol. The maximum atomic E-state index is 13.3. The third kappa shape index (κ3) is 5.86. The fraction of sp³-hybridized carbons (Fsp3) is 0.350. The number of likely N-dealkylation sites (tertiary alicyclic amines) is 1. The lowest BCUT2D eigenvalue weighted by Gasteiger charge is -2.49. The third-order valence-electron chi connectivity index (χ3n) is 11.6. The zero-order valence-corrected chi connectivity index (χ0v) is 29.6. The molecule has 0 spiro atoms. The second-order valence-electron chi connectivity index (χ2n) is 14.7. The number of nitrogens with zero attached hydrogens (tertiary/aromatic N) is 5. The number of rotatable bonds is 8. The highest BCUT2D eigenvalue weighted by Crippen LogP contribution is 2.41. The molecule has 0 bridgehead atoms. The number of aromatic nitrogens is 2. The van der Waals surface area contributed by atoms with Crippen molar-refractivity contribution in [3.8, 4) is 22.8 Å². The van der Waals surface area contributed by atoms with Gasteiger partial charge in [0.05, 0.1) is 17.2 Å². The molecule has 5 aliphatic rings. The van der Waals surface area contributed by atoms with Crippen LogP contribution < -0.4 is 26.0 Å². The minimum absolute atomic E-state index is 0.0857. The van der Waals surface area contributed by atoms with E-state index >= 15 is 0 Å². The quantitative estimate of drug-likeness (QED) is 0.227. The molecule has 5 amide bonds. The van der Waals surface area contributed by atoms with Crippen LogP contribution in [0.2, 0.25) is 0 Å². The van der Waals surface area contributed by atoms with E-state index in [1.54, 1.807) is 12.1 Å². The first kappa shape index (κ1) is 33.8. The minimum atomic E-state index is -0.981. The van der Waals surface area contributed by atoms with Gasteiger partial charge in [-0.05, 0) is 99.3 Å². The van der Waals surface area contributed by atoms with Crippen molar-refractivity contribution in [2.24, 2.45) is 11.7 Å². The van der Waals surface area contributed by atoms with E-state index in [1.165, 1.54) is 0 Å². The number of hydrogen-bond acceptors (Lipinski definition) is 10. The molecule has 0 radical (unpaired) electrons. The summed E-state index contributed by atoms with van der Waals surface area (Å²) in [6, 6.07) is 21.9. The molecule has 276 valence electrons. The first-order chi connectivity index (χ1) is 26.2. The molecule has 3 fully saturated rings. The molecule has 1 unspecified atom stereocenters. The summed E-state index contributed by atoms with van der Waals surface area (Å²) in [4.78, 5) is 69.1. The Balaban J connectivity index is 0.836. The average Bonchev–Trinajstić information content (AvgIpc) is 3.67. The van der Waals surface area contributed by atoms with Crippen LogP contribution in [0.1, 0.15) is 69.2 Å². The van der Waals surface area contributed by atoms with Gasteiger partial charge in [-0.2, -0.15) is 5.10 Å². The topological polar surface area (TPSA) is 172 Å². The summed E-state index contributed by atoms with van der Waals surface area (Å²) in [7, 11) is 0. The molecule has 1 aromatic heterocycles. The second-order valence-corrected chi connectivity index (χ2v) is 14.7. The van der Waals surface area contributed by atoms with Gasteiger partial charge in [0.15, 0.2) is 0 Å². The summed E-state index contributed by atoms with van der Waals surface area (Å²) in [5.41, 5.74) is 9.18. The molecule has 3 saturated heterocycles. The molecule has 14 nitrogen and oxygen atoms in total. The zero-order valence-electron chi connectivity index (χ0n) is 29.6. The number of primary amides is 1. The largest absolute Gasteiger partial charge is 0.457 e. The van der Waals surface area contributed by atoms with E-state index in [4.69, 9.17) is 15.6 Å². The fourth-order valence-electron chi connectivity index (χ4n) is 8.70. The van der Waals surface area contributed by atoms with E-state index < -0.39 is 35.6 Å². The molecule has 9 rings (SSSR count). The molecule has 4 N–H and O–H groups in total. The number of fused-ring (bicyclic) bond motifs is 2. The highest BCUT2D eigenvalue weighted by Gasteiger charge is 2.45. The Morgan fingerprint density at radius 2 is 1.56 bits per heavy atom. The smallest absolute Gasteiger partial charge is 0.262 e. The molecule has 14 heteroatoms. The molecular weight excluding hydrogens is 688 g/mol. The summed E-state index contributed by atoms with van der Waals surface area (Å²) < 4.78 is 7.96. The first-order valence-electron chi connectivity index (χ1n) is 18.6. The van der Waals surface area contributed by atoms with Crippen molar-refractivity contribution in [2.45, 2.75) is 50.2 Å². The summed E-state index contributed by atoms with van der Waals surface area (Å²) in [6.07, 6.45) is 3.11. The van der Waals surface area contributed by atoms with Crippen LogP contribution in [0.4, 0.5) is 11.5 Å². The van der Waals surface area contributed by atoms with Crippen molar-refractivity contribution < 1.29 is 28.7 Å². The van der Waals surface area contributed by atoms with Crippen molar-refractivity contribution in [3.05, 3.63) is 89.5 Å². The Morgan fingerprint density at radius 1 is 0.833 bits per heavy atom. The standard InChI is InChI=1S/C40H40N8O6/c41-36(50)34-35(24-6-9-28(10-7-24)54-27-4-2-1-3-5-27)44-48-31(14-17-42-37(34)48)23-15-18-45(19-16-23)26-21-46(22-26)25-8-11-29-30(20-25)40(53)47(39(29)52)32-12-13-33(49)43-38(32)51/h1-11,20,23,26,31-32,42H,12-19,21-22H2,(H2,41,50)(H,43,49,51)/t31-,32?/m0/s1. The highest BCUT2D eigenvalue weighted by atomic mass is 16.5. The van der Waals surface area contributed by atoms with Gasteiger partial charge >= 0.3 is 0 Å². The van der Waals surface area contributed by atoms with Gasteiger partial charge in [-0.25, -0.2) is 4.68 Å². The van der Waals surface area contributed by atoms with Crippen LogP contribution in [0.5, 0.6) is 11.5 Å². The Kier molecular flexibility index (Phi) is 8.41. The van der Waals surface area contributed by atoms with Gasteiger partial charge in [0.25, 0.3) is 17.7 Å². The molecule has 2 atom stereocenters. The van der Waals surface area contributed by atoms with Crippen molar-refractivity contribution in [3.63, 3.8) is 0 Å². The lowest BCUT2D eigenvalue weighted by Crippen LogP contribution is -2.61. The average molecular weight is 729 g/mol. The highest BCUT2D eigenvalue weighted by molar-refractivity contribution is 6.23. The van der Waals surface area contributed by atoms with Gasteiger partial charge in [0.2, 0.25) is 11.8 Å². The number of carbonyl (C=O) groups excluding carboxylic acids is 5. The fourth-order valence-corrected chi connectivity index (χ4v) is 8.70.